The number of carbonyl (C=O) groups is 2. The van der Waals surface area contributed by atoms with E-state index in [2.05, 4.69) is 40.9 Å². The van der Waals surface area contributed by atoms with Crippen LogP contribution >= 0.6 is 23.2 Å². The topological polar surface area (TPSA) is 125 Å². The molecule has 1 aliphatic rings. The molecule has 3 N–H and O–H groups in total. The normalized spacial score (nSPS) is 14.7. The fraction of sp³-hybridized carbons (Fsp3) is 0.208. The Balaban J connectivity index is 1.63. The van der Waals surface area contributed by atoms with Crippen LogP contribution in [0, 0.1) is 5.92 Å². The van der Waals surface area contributed by atoms with Gasteiger partial charge in [-0.1, -0.05) is 61.8 Å². The van der Waals surface area contributed by atoms with E-state index in [-0.39, 0.29) is 17.3 Å². The van der Waals surface area contributed by atoms with E-state index in [1.54, 1.807) is 48.5 Å². The average Bonchev–Trinajstić information content (AvgIpc) is 3.28. The molecular formula is C24H24Cl2N6O4S. The third-order valence-corrected chi connectivity index (χ3v) is 7.53. The standard InChI is InChI=1S/C24H24Cl2N6O4S/c1-14(2)10-17-12-21(28-24(34)27-20-9-5-8-19(25)22(20)26)32(29-17)18-7-4-6-16(11-18)13-31-23(33)15(3)30-37(31,35)36/h4-9,11-12,14,30H,3,10,13H2,1-2H3,(H2,27,28,34). The molecule has 2 heterocycles. The van der Waals surface area contributed by atoms with Crippen molar-refractivity contribution in [3.63, 3.8) is 0 Å². The van der Waals surface area contributed by atoms with Gasteiger partial charge in [0.15, 0.2) is 0 Å². The van der Waals surface area contributed by atoms with Crippen LogP contribution in [0.5, 0.6) is 0 Å². The highest BCUT2D eigenvalue weighted by molar-refractivity contribution is 7.88. The Morgan fingerprint density at radius 3 is 2.54 bits per heavy atom. The number of hydrogen-bond donors (Lipinski definition) is 3. The van der Waals surface area contributed by atoms with Gasteiger partial charge in [-0.05, 0) is 42.2 Å². The summed E-state index contributed by atoms with van der Waals surface area (Å²) in [7, 11) is -4.00. The lowest BCUT2D eigenvalue weighted by atomic mass is 10.1. The minimum atomic E-state index is -4.00. The molecule has 0 aliphatic carbocycles. The van der Waals surface area contributed by atoms with Crippen molar-refractivity contribution in [2.75, 3.05) is 10.6 Å². The van der Waals surface area contributed by atoms with Gasteiger partial charge in [0.05, 0.1) is 33.7 Å². The second-order valence-corrected chi connectivity index (χ2v) is 11.2. The molecule has 0 radical (unpaired) electrons. The van der Waals surface area contributed by atoms with Gasteiger partial charge in [-0.3, -0.25) is 14.8 Å². The molecule has 3 amide bonds. The van der Waals surface area contributed by atoms with Gasteiger partial charge in [-0.15, -0.1) is 0 Å². The van der Waals surface area contributed by atoms with E-state index >= 15 is 0 Å². The zero-order valence-electron chi connectivity index (χ0n) is 20.0. The van der Waals surface area contributed by atoms with Gasteiger partial charge in [0.1, 0.15) is 11.5 Å². The number of benzene rings is 2. The molecule has 0 spiro atoms. The van der Waals surface area contributed by atoms with Crippen LogP contribution in [0.1, 0.15) is 25.1 Å². The van der Waals surface area contributed by atoms with Gasteiger partial charge in [0.25, 0.3) is 5.91 Å². The van der Waals surface area contributed by atoms with Crippen LogP contribution in [0.4, 0.5) is 16.3 Å². The molecular weight excluding hydrogens is 539 g/mol. The first-order valence-corrected chi connectivity index (χ1v) is 13.4. The molecule has 1 aliphatic heterocycles. The van der Waals surface area contributed by atoms with E-state index in [1.165, 1.54) is 4.68 Å². The van der Waals surface area contributed by atoms with Crippen molar-refractivity contribution in [1.82, 2.24) is 18.8 Å². The Morgan fingerprint density at radius 2 is 1.86 bits per heavy atom. The van der Waals surface area contributed by atoms with Crippen LogP contribution in [-0.4, -0.2) is 34.4 Å². The fourth-order valence-corrected chi connectivity index (χ4v) is 5.23. The largest absolute Gasteiger partial charge is 0.326 e. The summed E-state index contributed by atoms with van der Waals surface area (Å²) in [6, 6.07) is 12.9. The molecule has 1 fully saturated rings. The van der Waals surface area contributed by atoms with E-state index < -0.39 is 22.1 Å². The molecule has 194 valence electrons. The number of rotatable bonds is 7. The quantitative estimate of drug-likeness (QED) is 0.359. The van der Waals surface area contributed by atoms with Crippen molar-refractivity contribution in [2.45, 2.75) is 26.8 Å². The van der Waals surface area contributed by atoms with E-state index in [1.807, 2.05) is 0 Å². The summed E-state index contributed by atoms with van der Waals surface area (Å²) in [5.74, 6) is -0.0283. The maximum atomic E-state index is 12.8. The van der Waals surface area contributed by atoms with Gasteiger partial charge < -0.3 is 5.32 Å². The van der Waals surface area contributed by atoms with Crippen molar-refractivity contribution < 1.29 is 18.0 Å². The predicted octanol–water partition coefficient (Wildman–Crippen LogP) is 4.71. The Hall–Kier alpha value is -3.54. The number of amides is 3. The van der Waals surface area contributed by atoms with Crippen molar-refractivity contribution in [3.8, 4) is 5.69 Å². The van der Waals surface area contributed by atoms with Gasteiger partial charge in [-0.2, -0.15) is 13.5 Å². The molecule has 1 aromatic heterocycles. The van der Waals surface area contributed by atoms with Gasteiger partial charge in [0.2, 0.25) is 0 Å². The summed E-state index contributed by atoms with van der Waals surface area (Å²) in [6.45, 7) is 7.34. The second kappa shape index (κ2) is 10.4. The number of urea groups is 1. The molecule has 2 aromatic carbocycles. The zero-order chi connectivity index (χ0) is 26.9. The van der Waals surface area contributed by atoms with Crippen LogP contribution < -0.4 is 15.4 Å². The first-order chi connectivity index (χ1) is 17.4. The molecule has 0 bridgehead atoms. The number of nitrogens with zero attached hydrogens (tertiary/aromatic N) is 3. The van der Waals surface area contributed by atoms with Gasteiger partial charge >= 0.3 is 16.2 Å². The van der Waals surface area contributed by atoms with Crippen molar-refractivity contribution in [3.05, 3.63) is 82.1 Å². The summed E-state index contributed by atoms with van der Waals surface area (Å²) in [5, 5.41) is 10.6. The van der Waals surface area contributed by atoms with Crippen molar-refractivity contribution in [2.24, 2.45) is 5.92 Å². The molecule has 13 heteroatoms. The molecule has 1 saturated heterocycles. The van der Waals surface area contributed by atoms with Crippen LogP contribution in [0.3, 0.4) is 0 Å². The molecule has 0 unspecified atom stereocenters. The minimum absolute atomic E-state index is 0.197. The number of halogens is 2. The molecule has 10 nitrogen and oxygen atoms in total. The van der Waals surface area contributed by atoms with Crippen LogP contribution in [0.25, 0.3) is 5.69 Å². The van der Waals surface area contributed by atoms with E-state index in [9.17, 15) is 18.0 Å². The average molecular weight is 563 g/mol. The second-order valence-electron chi connectivity index (χ2n) is 8.78. The number of nitrogens with one attached hydrogen (secondary N) is 3. The van der Waals surface area contributed by atoms with Crippen molar-refractivity contribution in [1.29, 1.82) is 0 Å². The summed E-state index contributed by atoms with van der Waals surface area (Å²) >= 11 is 12.2. The van der Waals surface area contributed by atoms with Gasteiger partial charge in [0, 0.05) is 6.07 Å². The SMILES string of the molecule is C=C1NS(=O)(=O)N(Cc2cccc(-n3nc(CC(C)C)cc3NC(=O)Nc3cccc(Cl)c3Cl)c2)C1=O. The van der Waals surface area contributed by atoms with Crippen LogP contribution in [0.2, 0.25) is 10.0 Å². The highest BCUT2D eigenvalue weighted by Crippen LogP contribution is 2.30. The monoisotopic (exact) mass is 562 g/mol. The summed E-state index contributed by atoms with van der Waals surface area (Å²) in [6.07, 6.45) is 0.664. The molecule has 37 heavy (non-hydrogen) atoms. The fourth-order valence-electron chi connectivity index (χ4n) is 3.73. The maximum absolute atomic E-state index is 12.8. The third kappa shape index (κ3) is 5.90. The summed E-state index contributed by atoms with van der Waals surface area (Å²) in [5.41, 5.74) is 1.97. The predicted molar refractivity (Wildman–Crippen MR) is 143 cm³/mol. The maximum Gasteiger partial charge on any atom is 0.326 e. The van der Waals surface area contributed by atoms with Crippen molar-refractivity contribution >= 4 is 56.9 Å². The lowest BCUT2D eigenvalue weighted by molar-refractivity contribution is -0.122. The zero-order valence-corrected chi connectivity index (χ0v) is 22.3. The van der Waals surface area contributed by atoms with E-state index in [0.717, 1.165) is 5.69 Å². The number of hydrogen-bond acceptors (Lipinski definition) is 5. The number of anilines is 2. The smallest absolute Gasteiger partial charge is 0.306 e. The van der Waals surface area contributed by atoms with Crippen LogP contribution in [-0.2, 0) is 28.0 Å². The summed E-state index contributed by atoms with van der Waals surface area (Å²) in [4.78, 5) is 25.1. The minimum Gasteiger partial charge on any atom is -0.306 e. The Kier molecular flexibility index (Phi) is 7.49. The highest BCUT2D eigenvalue weighted by atomic mass is 35.5. The van der Waals surface area contributed by atoms with E-state index in [0.29, 0.717) is 44.4 Å². The number of aromatic nitrogens is 2. The molecule has 0 saturated carbocycles. The lowest BCUT2D eigenvalue weighted by Crippen LogP contribution is -2.31. The lowest BCUT2D eigenvalue weighted by Gasteiger charge is -2.15. The molecule has 0 atom stereocenters. The van der Waals surface area contributed by atoms with Crippen LogP contribution in [0.15, 0.2) is 60.8 Å². The Morgan fingerprint density at radius 1 is 1.14 bits per heavy atom. The van der Waals surface area contributed by atoms with Gasteiger partial charge in [-0.25, -0.2) is 13.8 Å². The third-order valence-electron chi connectivity index (χ3n) is 5.33. The Labute approximate surface area is 224 Å². The highest BCUT2D eigenvalue weighted by Gasteiger charge is 2.37. The first-order valence-electron chi connectivity index (χ1n) is 11.2. The van der Waals surface area contributed by atoms with E-state index in [4.69, 9.17) is 23.2 Å². The molecule has 4 rings (SSSR count). The number of carbonyl (C=O) groups excluding carboxylic acids is 2. The molecule has 3 aromatic rings. The summed E-state index contributed by atoms with van der Waals surface area (Å²) < 4.78 is 28.9. The first kappa shape index (κ1) is 26.5. The Bertz CT molecular complexity index is 1500.